The molecule has 0 aromatic heterocycles. The molecule has 5 nitrogen and oxygen atoms in total. The predicted octanol–water partition coefficient (Wildman–Crippen LogP) is 2.17. The van der Waals surface area contributed by atoms with Crippen molar-refractivity contribution in [3.63, 3.8) is 0 Å². The van der Waals surface area contributed by atoms with Gasteiger partial charge in [0.15, 0.2) is 0 Å². The van der Waals surface area contributed by atoms with Gasteiger partial charge >= 0.3 is 12.0 Å². The average molecular weight is 288 g/mol. The van der Waals surface area contributed by atoms with Crippen molar-refractivity contribution in [1.82, 2.24) is 10.2 Å². The molecule has 1 fully saturated rings. The number of carbonyl (C=O) groups is 2. The third kappa shape index (κ3) is 5.30. The van der Waals surface area contributed by atoms with E-state index in [1.165, 1.54) is 4.90 Å². The maximum absolute atomic E-state index is 12.2. The summed E-state index contributed by atoms with van der Waals surface area (Å²) in [5.74, 6) is -0.953. The zero-order valence-corrected chi connectivity index (χ0v) is 12.8. The van der Waals surface area contributed by atoms with Crippen LogP contribution in [0.2, 0.25) is 0 Å². The highest BCUT2D eigenvalue weighted by Gasteiger charge is 2.29. The van der Waals surface area contributed by atoms with Gasteiger partial charge in [0.25, 0.3) is 0 Å². The summed E-state index contributed by atoms with van der Waals surface area (Å²) >= 11 is 1.68. The predicted molar refractivity (Wildman–Crippen MR) is 77.6 cm³/mol. The van der Waals surface area contributed by atoms with Crippen LogP contribution in [0.25, 0.3) is 0 Å². The number of nitrogens with one attached hydrogen (secondary N) is 1. The van der Waals surface area contributed by atoms with Gasteiger partial charge in [-0.3, -0.25) is 4.79 Å². The molecule has 0 aromatic carbocycles. The molecule has 1 aliphatic rings. The molecule has 6 heteroatoms. The van der Waals surface area contributed by atoms with Gasteiger partial charge in [0.05, 0.1) is 0 Å². The van der Waals surface area contributed by atoms with Gasteiger partial charge in [0, 0.05) is 17.3 Å². The zero-order valence-electron chi connectivity index (χ0n) is 11.9. The summed E-state index contributed by atoms with van der Waals surface area (Å²) in [6.45, 7) is 4.43. The zero-order chi connectivity index (χ0) is 14.5. The number of hydrogen-bond donors (Lipinski definition) is 2. The fourth-order valence-electron chi connectivity index (χ4n) is 2.19. The highest BCUT2D eigenvalue weighted by molar-refractivity contribution is 7.99. The van der Waals surface area contributed by atoms with E-state index in [9.17, 15) is 9.59 Å². The summed E-state index contributed by atoms with van der Waals surface area (Å²) in [6, 6.07) is -0.176. The van der Waals surface area contributed by atoms with E-state index < -0.39 is 5.97 Å². The minimum atomic E-state index is -0.953. The number of carbonyl (C=O) groups excluding carboxylic acids is 1. The molecule has 110 valence electrons. The second-order valence-electron chi connectivity index (χ2n) is 5.58. The van der Waals surface area contributed by atoms with Crippen molar-refractivity contribution >= 4 is 23.8 Å². The Labute approximate surface area is 119 Å². The maximum Gasteiger partial charge on any atom is 0.323 e. The Balaban J connectivity index is 2.58. The molecular weight excluding hydrogens is 264 g/mol. The van der Waals surface area contributed by atoms with Crippen molar-refractivity contribution in [2.45, 2.75) is 50.3 Å². The van der Waals surface area contributed by atoms with Crippen molar-refractivity contribution in [2.75, 3.05) is 19.3 Å². The van der Waals surface area contributed by atoms with E-state index in [0.717, 1.165) is 25.7 Å². The van der Waals surface area contributed by atoms with E-state index in [4.69, 9.17) is 5.11 Å². The molecule has 19 heavy (non-hydrogen) atoms. The first-order valence-electron chi connectivity index (χ1n) is 6.67. The number of amides is 2. The van der Waals surface area contributed by atoms with Crippen molar-refractivity contribution in [2.24, 2.45) is 0 Å². The fraction of sp³-hybridized carbons (Fsp3) is 0.846. The SMILES string of the molecule is CSC(C)(C)CNC(=O)N(CC(=O)O)C1CCCC1. The van der Waals surface area contributed by atoms with Crippen molar-refractivity contribution in [3.05, 3.63) is 0 Å². The molecule has 1 rings (SSSR count). The molecular formula is C13H24N2O3S. The van der Waals surface area contributed by atoms with Gasteiger partial charge in [-0.15, -0.1) is 0 Å². The van der Waals surface area contributed by atoms with E-state index in [2.05, 4.69) is 19.2 Å². The summed E-state index contributed by atoms with van der Waals surface area (Å²) in [4.78, 5) is 24.6. The topological polar surface area (TPSA) is 69.6 Å². The smallest absolute Gasteiger partial charge is 0.323 e. The number of thioether (sulfide) groups is 1. The highest BCUT2D eigenvalue weighted by atomic mass is 32.2. The van der Waals surface area contributed by atoms with Crippen LogP contribution < -0.4 is 5.32 Å². The summed E-state index contributed by atoms with van der Waals surface area (Å²) in [6.07, 6.45) is 5.96. The average Bonchev–Trinajstić information content (AvgIpc) is 2.86. The van der Waals surface area contributed by atoms with Gasteiger partial charge in [0.2, 0.25) is 0 Å². The Morgan fingerprint density at radius 3 is 2.42 bits per heavy atom. The molecule has 0 radical (unpaired) electrons. The number of urea groups is 1. The number of nitrogens with zero attached hydrogens (tertiary/aromatic N) is 1. The summed E-state index contributed by atoms with van der Waals surface area (Å²) in [5.41, 5.74) is 0. The molecule has 0 bridgehead atoms. The van der Waals surface area contributed by atoms with Crippen LogP contribution in [0.5, 0.6) is 0 Å². The molecule has 0 heterocycles. The van der Waals surface area contributed by atoms with Gasteiger partial charge in [-0.2, -0.15) is 11.8 Å². The Morgan fingerprint density at radius 2 is 1.95 bits per heavy atom. The van der Waals surface area contributed by atoms with Crippen LogP contribution >= 0.6 is 11.8 Å². The molecule has 1 saturated carbocycles. The molecule has 0 spiro atoms. The first kappa shape index (κ1) is 16.1. The van der Waals surface area contributed by atoms with Crippen molar-refractivity contribution < 1.29 is 14.7 Å². The first-order valence-corrected chi connectivity index (χ1v) is 7.89. The minimum Gasteiger partial charge on any atom is -0.480 e. The number of rotatable bonds is 6. The van der Waals surface area contributed by atoms with Crippen LogP contribution in [0.15, 0.2) is 0 Å². The van der Waals surface area contributed by atoms with E-state index >= 15 is 0 Å². The van der Waals surface area contributed by atoms with Crippen LogP contribution in [0.4, 0.5) is 4.79 Å². The number of carboxylic acids is 1. The van der Waals surface area contributed by atoms with Gasteiger partial charge < -0.3 is 15.3 Å². The molecule has 0 aliphatic heterocycles. The van der Waals surface area contributed by atoms with Gasteiger partial charge in [0.1, 0.15) is 6.54 Å². The molecule has 0 aromatic rings. The molecule has 0 atom stereocenters. The molecule has 0 saturated heterocycles. The van der Waals surface area contributed by atoms with Gasteiger partial charge in [-0.25, -0.2) is 4.79 Å². The lowest BCUT2D eigenvalue weighted by molar-refractivity contribution is -0.138. The Morgan fingerprint density at radius 1 is 1.37 bits per heavy atom. The van der Waals surface area contributed by atoms with Crippen molar-refractivity contribution in [1.29, 1.82) is 0 Å². The lowest BCUT2D eigenvalue weighted by Crippen LogP contribution is -2.50. The molecule has 2 amide bonds. The van der Waals surface area contributed by atoms with E-state index in [-0.39, 0.29) is 23.4 Å². The van der Waals surface area contributed by atoms with Crippen molar-refractivity contribution in [3.8, 4) is 0 Å². The fourth-order valence-corrected chi connectivity index (χ4v) is 2.41. The third-order valence-electron chi connectivity index (χ3n) is 3.55. The Hall–Kier alpha value is -0.910. The molecule has 2 N–H and O–H groups in total. The van der Waals surface area contributed by atoms with Crippen LogP contribution in [-0.4, -0.2) is 52.1 Å². The van der Waals surface area contributed by atoms with Gasteiger partial charge in [-0.05, 0) is 32.9 Å². The van der Waals surface area contributed by atoms with E-state index in [1.807, 2.05) is 6.26 Å². The lowest BCUT2D eigenvalue weighted by atomic mass is 10.2. The van der Waals surface area contributed by atoms with Crippen LogP contribution in [-0.2, 0) is 4.79 Å². The summed E-state index contributed by atoms with van der Waals surface area (Å²) in [7, 11) is 0. The summed E-state index contributed by atoms with van der Waals surface area (Å²) < 4.78 is -0.0414. The monoisotopic (exact) mass is 288 g/mol. The number of carboxylic acid groups (broad SMARTS) is 1. The summed E-state index contributed by atoms with van der Waals surface area (Å²) in [5, 5.41) is 11.8. The standard InChI is InChI=1S/C13H24N2O3S/c1-13(2,19-3)9-14-12(18)15(8-11(16)17)10-6-4-5-7-10/h10H,4-9H2,1-3H3,(H,14,18)(H,16,17). The highest BCUT2D eigenvalue weighted by Crippen LogP contribution is 2.24. The quantitative estimate of drug-likeness (QED) is 0.786. The first-order chi connectivity index (χ1) is 8.85. The largest absolute Gasteiger partial charge is 0.480 e. The normalized spacial score (nSPS) is 16.4. The number of hydrogen-bond acceptors (Lipinski definition) is 3. The second-order valence-corrected chi connectivity index (χ2v) is 7.10. The Bertz CT molecular complexity index is 328. The molecule has 0 unspecified atom stereocenters. The number of aliphatic carboxylic acids is 1. The van der Waals surface area contributed by atoms with Crippen LogP contribution in [0, 0.1) is 0 Å². The lowest BCUT2D eigenvalue weighted by Gasteiger charge is -2.30. The van der Waals surface area contributed by atoms with E-state index in [0.29, 0.717) is 6.54 Å². The van der Waals surface area contributed by atoms with Crippen LogP contribution in [0.1, 0.15) is 39.5 Å². The Kier molecular flexibility index (Phi) is 5.97. The maximum atomic E-state index is 12.2. The molecule has 1 aliphatic carbocycles. The van der Waals surface area contributed by atoms with Crippen LogP contribution in [0.3, 0.4) is 0 Å². The second kappa shape index (κ2) is 7.03. The minimum absolute atomic E-state index is 0.0414. The third-order valence-corrected chi connectivity index (χ3v) is 4.80. The van der Waals surface area contributed by atoms with E-state index in [1.54, 1.807) is 11.8 Å². The van der Waals surface area contributed by atoms with Gasteiger partial charge in [-0.1, -0.05) is 12.8 Å².